The number of fused-ring (bicyclic) bond motifs is 1. The van der Waals surface area contributed by atoms with Crippen molar-refractivity contribution in [3.63, 3.8) is 0 Å². The maximum atomic E-state index is 12.5. The quantitative estimate of drug-likeness (QED) is 0.834. The van der Waals surface area contributed by atoms with Gasteiger partial charge >= 0.3 is 6.03 Å². The van der Waals surface area contributed by atoms with E-state index in [1.807, 2.05) is 23.1 Å². The van der Waals surface area contributed by atoms with Gasteiger partial charge in [0.15, 0.2) is 0 Å². The summed E-state index contributed by atoms with van der Waals surface area (Å²) < 4.78 is 5.13. The second kappa shape index (κ2) is 7.90. The summed E-state index contributed by atoms with van der Waals surface area (Å²) in [5.41, 5.74) is 2.49. The zero-order valence-electron chi connectivity index (χ0n) is 15.9. The second-order valence-corrected chi connectivity index (χ2v) is 7.15. The number of carbonyl (C=O) groups excluding carboxylic acids is 2. The van der Waals surface area contributed by atoms with E-state index in [1.165, 1.54) is 0 Å². The molecule has 3 amide bonds. The van der Waals surface area contributed by atoms with Gasteiger partial charge < -0.3 is 20.3 Å². The van der Waals surface area contributed by atoms with E-state index in [-0.39, 0.29) is 18.0 Å². The minimum absolute atomic E-state index is 0.0490. The third kappa shape index (κ3) is 3.94. The molecule has 0 radical (unpaired) electrons. The number of carbonyl (C=O) groups is 2. The molecule has 28 heavy (non-hydrogen) atoms. The smallest absolute Gasteiger partial charge is 0.317 e. The lowest BCUT2D eigenvalue weighted by Crippen LogP contribution is -2.51. The summed E-state index contributed by atoms with van der Waals surface area (Å²) in [4.78, 5) is 28.5. The molecule has 2 aliphatic rings. The Hall–Kier alpha value is -3.06. The van der Waals surface area contributed by atoms with Gasteiger partial charge in [0.25, 0.3) is 5.91 Å². The predicted octanol–water partition coefficient (Wildman–Crippen LogP) is 2.16. The Bertz CT molecular complexity index is 868. The maximum absolute atomic E-state index is 12.5. The van der Waals surface area contributed by atoms with Crippen molar-refractivity contribution in [1.82, 2.24) is 15.1 Å². The van der Waals surface area contributed by atoms with Crippen LogP contribution in [-0.2, 0) is 6.54 Å². The number of urea groups is 1. The highest BCUT2D eigenvalue weighted by Gasteiger charge is 2.35. The van der Waals surface area contributed by atoms with Gasteiger partial charge in [0.1, 0.15) is 5.75 Å². The van der Waals surface area contributed by atoms with Crippen LogP contribution in [0.15, 0.2) is 48.5 Å². The zero-order valence-corrected chi connectivity index (χ0v) is 15.9. The fraction of sp³-hybridized carbons (Fsp3) is 0.333. The van der Waals surface area contributed by atoms with Crippen molar-refractivity contribution >= 4 is 17.6 Å². The highest BCUT2D eigenvalue weighted by Crippen LogP contribution is 2.19. The number of anilines is 1. The largest absolute Gasteiger partial charge is 0.497 e. The highest BCUT2D eigenvalue weighted by molar-refractivity contribution is 6.04. The molecule has 146 valence electrons. The van der Waals surface area contributed by atoms with Gasteiger partial charge in [0.2, 0.25) is 0 Å². The molecule has 2 aromatic rings. The summed E-state index contributed by atoms with van der Waals surface area (Å²) in [7, 11) is 1.60. The molecule has 0 bridgehead atoms. The lowest BCUT2D eigenvalue weighted by atomic mass is 10.1. The number of nitrogens with one attached hydrogen (secondary N) is 2. The normalized spacial score (nSPS) is 19.1. The summed E-state index contributed by atoms with van der Waals surface area (Å²) in [6.45, 7) is 3.98. The average molecular weight is 380 g/mol. The van der Waals surface area contributed by atoms with Gasteiger partial charge in [-0.05, 0) is 42.0 Å². The van der Waals surface area contributed by atoms with Gasteiger partial charge in [-0.2, -0.15) is 0 Å². The summed E-state index contributed by atoms with van der Waals surface area (Å²) >= 11 is 0. The molecule has 2 heterocycles. The SMILES string of the molecule is COc1ccc(C(=O)Nc2cccc(CN3CCN4C(=O)NCC4C3)c2)cc1. The Morgan fingerprint density at radius 1 is 1.21 bits per heavy atom. The van der Waals surface area contributed by atoms with Gasteiger partial charge in [-0.25, -0.2) is 4.79 Å². The standard InChI is InChI=1S/C21H24N4O3/c1-28-19-7-5-16(6-8-19)20(26)23-17-4-2-3-15(11-17)13-24-9-10-25-18(14-24)12-22-21(25)27/h2-8,11,18H,9-10,12-14H2,1H3,(H,22,27)(H,23,26). The lowest BCUT2D eigenvalue weighted by molar-refractivity contribution is 0.102. The number of hydrogen-bond donors (Lipinski definition) is 2. The van der Waals surface area contributed by atoms with Crippen molar-refractivity contribution in [2.75, 3.05) is 38.6 Å². The molecule has 4 rings (SSSR count). The number of methoxy groups -OCH3 is 1. The maximum Gasteiger partial charge on any atom is 0.317 e. The Morgan fingerprint density at radius 2 is 2.04 bits per heavy atom. The Balaban J connectivity index is 1.37. The van der Waals surface area contributed by atoms with Crippen LogP contribution in [-0.4, -0.2) is 61.1 Å². The number of amides is 3. The Kier molecular flexibility index (Phi) is 5.16. The molecule has 2 saturated heterocycles. The molecule has 0 saturated carbocycles. The van der Waals surface area contributed by atoms with Crippen LogP contribution in [0, 0.1) is 0 Å². The Labute approximate surface area is 164 Å². The minimum Gasteiger partial charge on any atom is -0.497 e. The predicted molar refractivity (Wildman–Crippen MR) is 107 cm³/mol. The second-order valence-electron chi connectivity index (χ2n) is 7.15. The molecule has 2 N–H and O–H groups in total. The number of benzene rings is 2. The topological polar surface area (TPSA) is 73.9 Å². The molecule has 7 heteroatoms. The van der Waals surface area contributed by atoms with E-state index in [2.05, 4.69) is 21.6 Å². The van der Waals surface area contributed by atoms with Crippen LogP contribution in [0.4, 0.5) is 10.5 Å². The van der Waals surface area contributed by atoms with Crippen LogP contribution in [0.1, 0.15) is 15.9 Å². The molecular weight excluding hydrogens is 356 g/mol. The van der Waals surface area contributed by atoms with Gasteiger partial charge in [-0.15, -0.1) is 0 Å². The number of ether oxygens (including phenoxy) is 1. The first-order valence-corrected chi connectivity index (χ1v) is 9.43. The van der Waals surface area contributed by atoms with E-state index in [9.17, 15) is 9.59 Å². The van der Waals surface area contributed by atoms with Crippen molar-refractivity contribution in [2.45, 2.75) is 12.6 Å². The van der Waals surface area contributed by atoms with Crippen molar-refractivity contribution in [3.8, 4) is 5.75 Å². The van der Waals surface area contributed by atoms with Crippen LogP contribution >= 0.6 is 0 Å². The minimum atomic E-state index is -0.149. The molecule has 0 aliphatic carbocycles. The third-order valence-electron chi connectivity index (χ3n) is 5.26. The third-order valence-corrected chi connectivity index (χ3v) is 5.26. The molecule has 0 spiro atoms. The van der Waals surface area contributed by atoms with Crippen molar-refractivity contribution < 1.29 is 14.3 Å². The van der Waals surface area contributed by atoms with Gasteiger partial charge in [0, 0.05) is 44.0 Å². The first kappa shape index (κ1) is 18.3. The van der Waals surface area contributed by atoms with Crippen LogP contribution in [0.5, 0.6) is 5.75 Å². The van der Waals surface area contributed by atoms with Crippen molar-refractivity contribution in [1.29, 1.82) is 0 Å². The summed E-state index contributed by atoms with van der Waals surface area (Å²) in [5.74, 6) is 0.571. The molecule has 1 unspecified atom stereocenters. The van der Waals surface area contributed by atoms with E-state index >= 15 is 0 Å². The molecule has 2 aliphatic heterocycles. The van der Waals surface area contributed by atoms with E-state index in [0.29, 0.717) is 12.1 Å². The fourth-order valence-corrected chi connectivity index (χ4v) is 3.76. The first-order valence-electron chi connectivity index (χ1n) is 9.43. The van der Waals surface area contributed by atoms with E-state index in [1.54, 1.807) is 31.4 Å². The van der Waals surface area contributed by atoms with E-state index < -0.39 is 0 Å². The Morgan fingerprint density at radius 3 is 2.82 bits per heavy atom. The fourth-order valence-electron chi connectivity index (χ4n) is 3.76. The van der Waals surface area contributed by atoms with Crippen LogP contribution < -0.4 is 15.4 Å². The van der Waals surface area contributed by atoms with Crippen LogP contribution in [0.3, 0.4) is 0 Å². The average Bonchev–Trinajstić information content (AvgIpc) is 3.08. The van der Waals surface area contributed by atoms with Gasteiger partial charge in [-0.1, -0.05) is 12.1 Å². The van der Waals surface area contributed by atoms with Crippen molar-refractivity contribution in [3.05, 3.63) is 59.7 Å². The number of hydrogen-bond acceptors (Lipinski definition) is 4. The van der Waals surface area contributed by atoms with Crippen molar-refractivity contribution in [2.24, 2.45) is 0 Å². The molecular formula is C21H24N4O3. The monoisotopic (exact) mass is 380 g/mol. The van der Waals surface area contributed by atoms with Gasteiger partial charge in [0.05, 0.1) is 13.2 Å². The molecule has 2 fully saturated rings. The highest BCUT2D eigenvalue weighted by atomic mass is 16.5. The summed E-state index contributed by atoms with van der Waals surface area (Å²) in [6, 6.07) is 15.2. The first-order chi connectivity index (χ1) is 13.6. The van der Waals surface area contributed by atoms with Gasteiger partial charge in [-0.3, -0.25) is 9.69 Å². The molecule has 2 aromatic carbocycles. The molecule has 1 atom stereocenters. The number of nitrogens with zero attached hydrogens (tertiary/aromatic N) is 2. The van der Waals surface area contributed by atoms with E-state index in [0.717, 1.165) is 43.2 Å². The van der Waals surface area contributed by atoms with E-state index in [4.69, 9.17) is 4.74 Å². The molecule has 0 aromatic heterocycles. The molecule has 7 nitrogen and oxygen atoms in total. The number of rotatable bonds is 5. The van der Waals surface area contributed by atoms with Crippen LogP contribution in [0.2, 0.25) is 0 Å². The van der Waals surface area contributed by atoms with Crippen LogP contribution in [0.25, 0.3) is 0 Å². The number of piperazine rings is 1. The summed E-state index contributed by atoms with van der Waals surface area (Å²) in [5, 5.41) is 5.86. The lowest BCUT2D eigenvalue weighted by Gasteiger charge is -2.36. The zero-order chi connectivity index (χ0) is 19.5. The summed E-state index contributed by atoms with van der Waals surface area (Å²) in [6.07, 6.45) is 0.